The Morgan fingerprint density at radius 3 is 2.85 bits per heavy atom. The summed E-state index contributed by atoms with van der Waals surface area (Å²) < 4.78 is 5.75. The van der Waals surface area contributed by atoms with Crippen LogP contribution in [0.1, 0.15) is 29.7 Å². The third-order valence-electron chi connectivity index (χ3n) is 4.13. The predicted molar refractivity (Wildman–Crippen MR) is 112 cm³/mol. The Labute approximate surface area is 167 Å². The van der Waals surface area contributed by atoms with Crippen LogP contribution in [0.3, 0.4) is 0 Å². The predicted octanol–water partition coefficient (Wildman–Crippen LogP) is 4.52. The third-order valence-corrected chi connectivity index (χ3v) is 5.51. The normalized spacial score (nSPS) is 15.6. The average molecular weight is 401 g/mol. The van der Waals surface area contributed by atoms with Gasteiger partial charge in [0.2, 0.25) is 5.91 Å². The highest BCUT2D eigenvalue weighted by Gasteiger charge is 2.31. The van der Waals surface area contributed by atoms with E-state index in [0.717, 1.165) is 16.8 Å². The van der Waals surface area contributed by atoms with Gasteiger partial charge in [0, 0.05) is 24.7 Å². The molecule has 1 aromatic heterocycles. The number of nitrogens with one attached hydrogen (secondary N) is 1. The van der Waals surface area contributed by atoms with E-state index < -0.39 is 0 Å². The lowest BCUT2D eigenvalue weighted by atomic mass is 10.1. The number of thioether (sulfide) groups is 1. The summed E-state index contributed by atoms with van der Waals surface area (Å²) in [6.07, 6.45) is 4.10. The first-order valence-corrected chi connectivity index (χ1v) is 9.82. The van der Waals surface area contributed by atoms with Crippen LogP contribution in [0.25, 0.3) is 6.08 Å². The standard InChI is InChI=1S/C20H20N2O3S2/c1-13-7-8-16(14(2)11-13)21-18(23)6-3-9-22-19(24)17(27-20(22)26)12-15-5-4-10-25-15/h4-5,7-8,10-12H,3,6,9H2,1-2H3,(H,21,23)/b17-12+. The lowest BCUT2D eigenvalue weighted by molar-refractivity contribution is -0.122. The molecular weight excluding hydrogens is 380 g/mol. The van der Waals surface area contributed by atoms with Crippen LogP contribution in [0.2, 0.25) is 0 Å². The molecule has 3 rings (SSSR count). The molecular formula is C20H20N2O3S2. The van der Waals surface area contributed by atoms with E-state index in [1.54, 1.807) is 29.4 Å². The fourth-order valence-electron chi connectivity index (χ4n) is 2.76. The topological polar surface area (TPSA) is 62.6 Å². The summed E-state index contributed by atoms with van der Waals surface area (Å²) in [6, 6.07) is 9.45. The number of furan rings is 1. The molecule has 0 saturated carbocycles. The molecule has 1 fully saturated rings. The number of rotatable bonds is 6. The molecule has 1 aliphatic rings. The first-order chi connectivity index (χ1) is 12.9. The SMILES string of the molecule is Cc1ccc(NC(=O)CCCN2C(=O)/C(=C\c3ccco3)SC2=S)c(C)c1. The molecule has 0 bridgehead atoms. The second kappa shape index (κ2) is 8.54. The highest BCUT2D eigenvalue weighted by Crippen LogP contribution is 2.32. The molecule has 0 unspecified atom stereocenters. The molecule has 0 spiro atoms. The molecule has 0 atom stereocenters. The number of aryl methyl sites for hydroxylation is 2. The highest BCUT2D eigenvalue weighted by molar-refractivity contribution is 8.26. The molecule has 1 saturated heterocycles. The van der Waals surface area contributed by atoms with Crippen molar-refractivity contribution in [2.75, 3.05) is 11.9 Å². The van der Waals surface area contributed by atoms with Gasteiger partial charge in [-0.2, -0.15) is 0 Å². The summed E-state index contributed by atoms with van der Waals surface area (Å²) >= 11 is 6.55. The van der Waals surface area contributed by atoms with Gasteiger partial charge in [0.25, 0.3) is 5.91 Å². The minimum Gasteiger partial charge on any atom is -0.465 e. The molecule has 5 nitrogen and oxygen atoms in total. The van der Waals surface area contributed by atoms with Crippen molar-refractivity contribution in [2.45, 2.75) is 26.7 Å². The van der Waals surface area contributed by atoms with Gasteiger partial charge in [-0.05, 0) is 44.0 Å². The van der Waals surface area contributed by atoms with Gasteiger partial charge in [0.1, 0.15) is 10.1 Å². The van der Waals surface area contributed by atoms with Crippen molar-refractivity contribution >= 4 is 51.9 Å². The molecule has 2 aromatic rings. The fourth-order valence-corrected chi connectivity index (χ4v) is 4.05. The smallest absolute Gasteiger partial charge is 0.266 e. The monoisotopic (exact) mass is 400 g/mol. The van der Waals surface area contributed by atoms with Gasteiger partial charge in [0.05, 0.1) is 11.2 Å². The Morgan fingerprint density at radius 2 is 2.15 bits per heavy atom. The molecule has 1 aliphatic heterocycles. The van der Waals surface area contributed by atoms with Crippen molar-refractivity contribution in [2.24, 2.45) is 0 Å². The number of anilines is 1. The molecule has 1 aromatic carbocycles. The zero-order valence-electron chi connectivity index (χ0n) is 15.2. The van der Waals surface area contributed by atoms with E-state index in [0.29, 0.717) is 34.4 Å². The van der Waals surface area contributed by atoms with Crippen molar-refractivity contribution in [1.82, 2.24) is 4.90 Å². The van der Waals surface area contributed by atoms with Crippen LogP contribution in [0.5, 0.6) is 0 Å². The number of hydrogen-bond acceptors (Lipinski definition) is 5. The van der Waals surface area contributed by atoms with Crippen molar-refractivity contribution in [3.8, 4) is 0 Å². The number of amides is 2. The van der Waals surface area contributed by atoms with Gasteiger partial charge in [-0.1, -0.05) is 41.7 Å². The summed E-state index contributed by atoms with van der Waals surface area (Å²) in [5.41, 5.74) is 3.00. The van der Waals surface area contributed by atoms with E-state index in [1.165, 1.54) is 11.8 Å². The molecule has 2 heterocycles. The first kappa shape index (κ1) is 19.4. The van der Waals surface area contributed by atoms with Crippen LogP contribution in [-0.4, -0.2) is 27.6 Å². The number of carbonyl (C=O) groups excluding carboxylic acids is 2. The molecule has 1 N–H and O–H groups in total. The molecule has 0 radical (unpaired) electrons. The zero-order chi connectivity index (χ0) is 19.4. The third kappa shape index (κ3) is 4.87. The van der Waals surface area contributed by atoms with Crippen molar-refractivity contribution in [3.05, 3.63) is 58.4 Å². The van der Waals surface area contributed by atoms with Crippen LogP contribution < -0.4 is 5.32 Å². The number of thiocarbonyl (C=S) groups is 1. The van der Waals surface area contributed by atoms with Crippen LogP contribution in [-0.2, 0) is 9.59 Å². The Morgan fingerprint density at radius 1 is 1.33 bits per heavy atom. The van der Waals surface area contributed by atoms with Crippen LogP contribution in [0.15, 0.2) is 45.9 Å². The summed E-state index contributed by atoms with van der Waals surface area (Å²) in [5, 5.41) is 2.92. The number of hydrogen-bond donors (Lipinski definition) is 1. The summed E-state index contributed by atoms with van der Waals surface area (Å²) in [4.78, 5) is 26.8. The van der Waals surface area contributed by atoms with E-state index in [2.05, 4.69) is 5.32 Å². The van der Waals surface area contributed by atoms with Crippen LogP contribution >= 0.6 is 24.0 Å². The minimum atomic E-state index is -0.142. The van der Waals surface area contributed by atoms with Crippen molar-refractivity contribution < 1.29 is 14.0 Å². The summed E-state index contributed by atoms with van der Waals surface area (Å²) in [7, 11) is 0. The van der Waals surface area contributed by atoms with Gasteiger partial charge in [-0.3, -0.25) is 14.5 Å². The Kier molecular flexibility index (Phi) is 6.13. The number of nitrogens with zero attached hydrogens (tertiary/aromatic N) is 1. The van der Waals surface area contributed by atoms with Gasteiger partial charge in [-0.15, -0.1) is 0 Å². The van der Waals surface area contributed by atoms with Crippen LogP contribution in [0.4, 0.5) is 5.69 Å². The Hall–Kier alpha value is -2.38. The molecule has 140 valence electrons. The zero-order valence-corrected chi connectivity index (χ0v) is 16.8. The second-order valence-corrected chi connectivity index (χ2v) is 7.99. The lowest BCUT2D eigenvalue weighted by Crippen LogP contribution is -2.29. The Bertz CT molecular complexity index is 904. The van der Waals surface area contributed by atoms with Gasteiger partial charge < -0.3 is 9.73 Å². The second-order valence-electron chi connectivity index (χ2n) is 6.32. The summed E-state index contributed by atoms with van der Waals surface area (Å²) in [5.74, 6) is 0.401. The largest absolute Gasteiger partial charge is 0.465 e. The van der Waals surface area contributed by atoms with E-state index >= 15 is 0 Å². The van der Waals surface area contributed by atoms with Gasteiger partial charge in [-0.25, -0.2) is 0 Å². The average Bonchev–Trinajstić information content (AvgIpc) is 3.21. The molecule has 7 heteroatoms. The number of benzene rings is 1. The van der Waals surface area contributed by atoms with E-state index in [1.807, 2.05) is 32.0 Å². The maximum absolute atomic E-state index is 12.5. The maximum atomic E-state index is 12.5. The number of carbonyl (C=O) groups is 2. The fraction of sp³-hybridized carbons (Fsp3) is 0.250. The highest BCUT2D eigenvalue weighted by atomic mass is 32.2. The first-order valence-electron chi connectivity index (χ1n) is 8.60. The van der Waals surface area contributed by atoms with Gasteiger partial charge in [0.15, 0.2) is 0 Å². The molecule has 27 heavy (non-hydrogen) atoms. The summed E-state index contributed by atoms with van der Waals surface area (Å²) in [6.45, 7) is 4.40. The lowest BCUT2D eigenvalue weighted by Gasteiger charge is -2.14. The van der Waals surface area contributed by atoms with Crippen molar-refractivity contribution in [1.29, 1.82) is 0 Å². The van der Waals surface area contributed by atoms with Crippen LogP contribution in [0, 0.1) is 13.8 Å². The van der Waals surface area contributed by atoms with E-state index in [-0.39, 0.29) is 11.8 Å². The maximum Gasteiger partial charge on any atom is 0.266 e. The molecule has 2 amide bonds. The minimum absolute atomic E-state index is 0.0708. The van der Waals surface area contributed by atoms with E-state index in [4.69, 9.17) is 16.6 Å². The molecule has 0 aliphatic carbocycles. The van der Waals surface area contributed by atoms with E-state index in [9.17, 15) is 9.59 Å². The Balaban J connectivity index is 1.52. The van der Waals surface area contributed by atoms with Gasteiger partial charge >= 0.3 is 0 Å². The quantitative estimate of drug-likeness (QED) is 0.571. The van der Waals surface area contributed by atoms with Crippen molar-refractivity contribution in [3.63, 3.8) is 0 Å².